The van der Waals surface area contributed by atoms with Crippen LogP contribution < -0.4 is 9.61 Å². The maximum absolute atomic E-state index is 12.5. The lowest BCUT2D eigenvalue weighted by molar-refractivity contribution is -0.137. The van der Waals surface area contributed by atoms with E-state index in [9.17, 15) is 23.1 Å². The highest BCUT2D eigenvalue weighted by atomic mass is 32.1. The number of H-pyrrole nitrogens is 1. The predicted octanol–water partition coefficient (Wildman–Crippen LogP) is 3.94. The van der Waals surface area contributed by atoms with E-state index in [0.717, 1.165) is 29.0 Å². The van der Waals surface area contributed by atoms with Crippen molar-refractivity contribution < 1.29 is 23.0 Å². The first-order chi connectivity index (χ1) is 11.8. The second kappa shape index (κ2) is 6.60. The zero-order chi connectivity index (χ0) is 18.0. The summed E-state index contributed by atoms with van der Waals surface area (Å²) in [7, 11) is 0. The molecule has 130 valence electrons. The third-order valence-electron chi connectivity index (χ3n) is 3.27. The molecule has 0 atom stereocenters. The lowest BCUT2D eigenvalue weighted by Gasteiger charge is -2.08. The van der Waals surface area contributed by atoms with E-state index >= 15 is 0 Å². The van der Waals surface area contributed by atoms with Gasteiger partial charge in [-0.1, -0.05) is 23.5 Å². The number of thiazole rings is 1. The molecule has 0 saturated carbocycles. The van der Waals surface area contributed by atoms with Gasteiger partial charge in [0.25, 0.3) is 0 Å². The van der Waals surface area contributed by atoms with Crippen molar-refractivity contribution in [3.05, 3.63) is 68.3 Å². The second-order valence-corrected chi connectivity index (χ2v) is 6.16. The smallest absolute Gasteiger partial charge is 0.417 e. The summed E-state index contributed by atoms with van der Waals surface area (Å²) in [5.74, 6) is 0.300. The SMILES string of the molecule is O=c1[nH]c(O)c(Cc2ccc(Oc3ccc(C(F)(F)F)cn3)cc2)s1. The topological polar surface area (TPSA) is 75.2 Å². The van der Waals surface area contributed by atoms with Gasteiger partial charge < -0.3 is 9.84 Å². The van der Waals surface area contributed by atoms with Gasteiger partial charge in [0.2, 0.25) is 11.8 Å². The fourth-order valence-electron chi connectivity index (χ4n) is 2.06. The van der Waals surface area contributed by atoms with Crippen molar-refractivity contribution in [1.82, 2.24) is 9.97 Å². The van der Waals surface area contributed by atoms with Gasteiger partial charge in [0, 0.05) is 18.7 Å². The molecule has 0 radical (unpaired) electrons. The number of aromatic amines is 1. The Bertz CT molecular complexity index is 916. The number of pyridine rings is 1. The van der Waals surface area contributed by atoms with E-state index < -0.39 is 11.7 Å². The number of nitrogens with zero attached hydrogens (tertiary/aromatic N) is 1. The Morgan fingerprint density at radius 3 is 2.40 bits per heavy atom. The number of aromatic hydroxyl groups is 1. The molecule has 0 spiro atoms. The maximum atomic E-state index is 12.5. The van der Waals surface area contributed by atoms with Gasteiger partial charge in [-0.15, -0.1) is 0 Å². The largest absolute Gasteiger partial charge is 0.494 e. The van der Waals surface area contributed by atoms with Crippen molar-refractivity contribution in [2.24, 2.45) is 0 Å². The highest BCUT2D eigenvalue weighted by Gasteiger charge is 2.30. The van der Waals surface area contributed by atoms with Gasteiger partial charge >= 0.3 is 11.0 Å². The average molecular weight is 368 g/mol. The molecule has 3 rings (SSSR count). The Morgan fingerprint density at radius 1 is 1.16 bits per heavy atom. The van der Waals surface area contributed by atoms with Crippen LogP contribution in [0.4, 0.5) is 13.2 Å². The zero-order valence-electron chi connectivity index (χ0n) is 12.5. The standard InChI is InChI=1S/C16H11F3N2O3S/c17-16(18,19)10-3-6-13(20-8-10)24-11-4-1-9(2-5-11)7-12-14(22)21-15(23)25-12/h1-6,8,22H,7H2,(H,21,23). The van der Waals surface area contributed by atoms with Gasteiger partial charge in [-0.05, 0) is 23.8 Å². The van der Waals surface area contributed by atoms with Crippen LogP contribution in [0.5, 0.6) is 17.5 Å². The van der Waals surface area contributed by atoms with Crippen LogP contribution >= 0.6 is 11.3 Å². The Labute approximate surface area is 143 Å². The van der Waals surface area contributed by atoms with Gasteiger partial charge in [-0.25, -0.2) is 4.98 Å². The molecule has 2 N–H and O–H groups in total. The average Bonchev–Trinajstić information content (AvgIpc) is 2.86. The number of alkyl halides is 3. The van der Waals surface area contributed by atoms with Crippen LogP contribution in [0.3, 0.4) is 0 Å². The molecule has 2 aromatic heterocycles. The van der Waals surface area contributed by atoms with Crippen LogP contribution in [0.1, 0.15) is 16.0 Å². The molecule has 9 heteroatoms. The number of rotatable bonds is 4. The van der Waals surface area contributed by atoms with Crippen molar-refractivity contribution in [3.8, 4) is 17.5 Å². The van der Waals surface area contributed by atoms with E-state index in [0.29, 0.717) is 23.2 Å². The Hall–Kier alpha value is -2.81. The van der Waals surface area contributed by atoms with Crippen LogP contribution in [0.15, 0.2) is 47.4 Å². The third kappa shape index (κ3) is 4.18. The number of nitrogens with one attached hydrogen (secondary N) is 1. The van der Waals surface area contributed by atoms with Crippen molar-refractivity contribution >= 4 is 11.3 Å². The summed E-state index contributed by atoms with van der Waals surface area (Å²) < 4.78 is 42.8. The molecule has 0 bridgehead atoms. The van der Waals surface area contributed by atoms with Gasteiger partial charge in [0.05, 0.1) is 10.4 Å². The van der Waals surface area contributed by atoms with Crippen molar-refractivity contribution in [2.45, 2.75) is 12.6 Å². The quantitative estimate of drug-likeness (QED) is 0.731. The number of hydrogen-bond acceptors (Lipinski definition) is 5. The summed E-state index contributed by atoms with van der Waals surface area (Å²) in [6.45, 7) is 0. The maximum Gasteiger partial charge on any atom is 0.417 e. The zero-order valence-corrected chi connectivity index (χ0v) is 13.3. The monoisotopic (exact) mass is 368 g/mol. The van der Waals surface area contributed by atoms with E-state index in [1.165, 1.54) is 0 Å². The van der Waals surface area contributed by atoms with E-state index in [-0.39, 0.29) is 16.6 Å². The van der Waals surface area contributed by atoms with Crippen LogP contribution in [0.2, 0.25) is 0 Å². The van der Waals surface area contributed by atoms with Crippen LogP contribution in [-0.2, 0) is 12.6 Å². The summed E-state index contributed by atoms with van der Waals surface area (Å²) in [4.78, 5) is 17.3. The Kier molecular flexibility index (Phi) is 4.49. The molecule has 3 aromatic rings. The minimum absolute atomic E-state index is 0.0437. The summed E-state index contributed by atoms with van der Waals surface area (Å²) in [5, 5.41) is 9.56. The molecule has 25 heavy (non-hydrogen) atoms. The third-order valence-corrected chi connectivity index (χ3v) is 4.15. The molecular formula is C16H11F3N2O3S. The number of ether oxygens (including phenoxy) is 1. The van der Waals surface area contributed by atoms with E-state index in [2.05, 4.69) is 9.97 Å². The minimum atomic E-state index is -4.44. The Morgan fingerprint density at radius 2 is 1.88 bits per heavy atom. The highest BCUT2D eigenvalue weighted by Crippen LogP contribution is 2.30. The molecule has 0 unspecified atom stereocenters. The molecule has 0 amide bonds. The molecule has 0 saturated heterocycles. The lowest BCUT2D eigenvalue weighted by atomic mass is 10.1. The van der Waals surface area contributed by atoms with E-state index in [1.807, 2.05) is 0 Å². The summed E-state index contributed by atoms with van der Waals surface area (Å²) >= 11 is 0.925. The van der Waals surface area contributed by atoms with Crippen LogP contribution in [-0.4, -0.2) is 15.1 Å². The molecule has 5 nitrogen and oxygen atoms in total. The summed E-state index contributed by atoms with van der Waals surface area (Å²) in [5.41, 5.74) is -0.0150. The number of hydrogen-bond donors (Lipinski definition) is 2. The van der Waals surface area contributed by atoms with Gasteiger partial charge in [-0.3, -0.25) is 9.78 Å². The van der Waals surface area contributed by atoms with Crippen molar-refractivity contribution in [2.75, 3.05) is 0 Å². The predicted molar refractivity (Wildman–Crippen MR) is 85.2 cm³/mol. The van der Waals surface area contributed by atoms with Crippen molar-refractivity contribution in [1.29, 1.82) is 0 Å². The second-order valence-electron chi connectivity index (χ2n) is 5.09. The van der Waals surface area contributed by atoms with E-state index in [1.54, 1.807) is 24.3 Å². The molecule has 1 aromatic carbocycles. The van der Waals surface area contributed by atoms with Gasteiger partial charge in [-0.2, -0.15) is 13.2 Å². The first-order valence-corrected chi connectivity index (χ1v) is 7.84. The first kappa shape index (κ1) is 17.0. The number of aromatic nitrogens is 2. The minimum Gasteiger partial charge on any atom is -0.494 e. The molecule has 2 heterocycles. The Balaban J connectivity index is 1.68. The molecule has 0 fully saturated rings. The van der Waals surface area contributed by atoms with Crippen molar-refractivity contribution in [3.63, 3.8) is 0 Å². The fourth-order valence-corrected chi connectivity index (χ4v) is 2.82. The molecular weight excluding hydrogens is 357 g/mol. The van der Waals surface area contributed by atoms with Crippen LogP contribution in [0, 0.1) is 0 Å². The van der Waals surface area contributed by atoms with Gasteiger partial charge in [0.1, 0.15) is 5.75 Å². The van der Waals surface area contributed by atoms with E-state index in [4.69, 9.17) is 4.74 Å². The van der Waals surface area contributed by atoms with Crippen LogP contribution in [0.25, 0.3) is 0 Å². The lowest BCUT2D eigenvalue weighted by Crippen LogP contribution is -2.05. The highest BCUT2D eigenvalue weighted by molar-refractivity contribution is 7.09. The summed E-state index contributed by atoms with van der Waals surface area (Å²) in [6.07, 6.45) is -3.36. The molecule has 0 aliphatic carbocycles. The number of halogens is 3. The van der Waals surface area contributed by atoms with Gasteiger partial charge in [0.15, 0.2) is 0 Å². The fraction of sp³-hybridized carbons (Fsp3) is 0.125. The molecule has 0 aliphatic rings. The first-order valence-electron chi connectivity index (χ1n) is 7.02. The number of benzene rings is 1. The summed E-state index contributed by atoms with van der Waals surface area (Å²) in [6, 6.07) is 8.74. The molecule has 0 aliphatic heterocycles. The normalized spacial score (nSPS) is 11.5.